The van der Waals surface area contributed by atoms with Gasteiger partial charge in [-0.1, -0.05) is 104 Å². The topological polar surface area (TPSA) is 354 Å². The fourth-order valence-electron chi connectivity index (χ4n) is 16.9. The van der Waals surface area contributed by atoms with Gasteiger partial charge in [0.05, 0.1) is 12.1 Å². The summed E-state index contributed by atoms with van der Waals surface area (Å²) in [5, 5.41) is 8.95. The fraction of sp³-hybridized carbons (Fsp3) is 0.271. The molecule has 610 valence electrons. The van der Waals surface area contributed by atoms with E-state index < -0.39 is 17.7 Å². The van der Waals surface area contributed by atoms with Gasteiger partial charge in [-0.3, -0.25) is 38.4 Å². The minimum Gasteiger partial charge on any atom is -0.382 e. The monoisotopic (exact) mass is 1590 g/mol. The van der Waals surface area contributed by atoms with Crippen molar-refractivity contribution in [3.8, 4) is 0 Å². The number of carbonyl (C=O) groups excluding carboxylic acids is 8. The van der Waals surface area contributed by atoms with Gasteiger partial charge in [0.15, 0.2) is 0 Å². The summed E-state index contributed by atoms with van der Waals surface area (Å²) in [6, 6.07) is 70.0. The molecule has 3 unspecified atom stereocenters. The van der Waals surface area contributed by atoms with E-state index in [9.17, 15) is 38.4 Å². The van der Waals surface area contributed by atoms with E-state index in [1.54, 1.807) is 37.4 Å². The maximum absolute atomic E-state index is 11.6. The van der Waals surface area contributed by atoms with Crippen LogP contribution in [0.5, 0.6) is 0 Å². The summed E-state index contributed by atoms with van der Waals surface area (Å²) >= 11 is 0. The Hall–Kier alpha value is -13.5. The van der Waals surface area contributed by atoms with Crippen LogP contribution in [0.3, 0.4) is 0 Å². The SMILES string of the molecule is C=C1CCC(c2ccc(CN3CCc4cc(C(N)=O)ccc43)cc2)N1.CNC(=O)c1ccc(CN2CCc3cc(C(N)=O)ccc32)cc1.NC(=O)c1ccc(CN2CCc3cc(C(N)=O)ccc32)cc1.NC(=O)c1ccc2c(c1)CCN2Cc1ccc(C2CCCO2)cc1.NC(=O)c1ccc2c(c1)CCN2Cc1ccc(C2CNC(=O)C2)cc1. The third-order valence-corrected chi connectivity index (χ3v) is 23.5. The van der Waals surface area contributed by atoms with Crippen molar-refractivity contribution in [2.75, 3.05) is 77.4 Å². The van der Waals surface area contributed by atoms with Gasteiger partial charge in [0.1, 0.15) is 0 Å². The number of allylic oxidation sites excluding steroid dienone is 1. The average Bonchev–Trinajstić information content (AvgIpc) is 1.69. The fourth-order valence-corrected chi connectivity index (χ4v) is 16.9. The Morgan fingerprint density at radius 1 is 0.387 bits per heavy atom. The summed E-state index contributed by atoms with van der Waals surface area (Å²) in [6.45, 7) is 14.5. The molecule has 8 amide bonds. The molecule has 0 aromatic heterocycles. The molecule has 0 saturated carbocycles. The van der Waals surface area contributed by atoms with Gasteiger partial charge in [0, 0.05) is 171 Å². The number of benzene rings is 10. The number of nitrogens with zero attached hydrogens (tertiary/aromatic N) is 5. The molecule has 0 spiro atoms. The van der Waals surface area contributed by atoms with Crippen LogP contribution >= 0.6 is 0 Å². The van der Waals surface area contributed by atoms with E-state index in [0.717, 1.165) is 176 Å². The molecule has 8 aliphatic rings. The van der Waals surface area contributed by atoms with Crippen molar-refractivity contribution in [1.29, 1.82) is 0 Å². The number of nitrogens with two attached hydrogens (primary N) is 6. The van der Waals surface area contributed by atoms with E-state index in [1.807, 2.05) is 109 Å². The number of nitrogens with one attached hydrogen (secondary N) is 3. The van der Waals surface area contributed by atoms with Crippen LogP contribution in [-0.4, -0.2) is 100 Å². The molecule has 3 saturated heterocycles. The Kier molecular flexibility index (Phi) is 25.6. The Bertz CT molecular complexity index is 5320. The molecule has 15 N–H and O–H groups in total. The van der Waals surface area contributed by atoms with Crippen LogP contribution in [0, 0.1) is 0 Å². The zero-order chi connectivity index (χ0) is 83.4. The normalized spacial score (nSPS) is 16.8. The third kappa shape index (κ3) is 20.1. The average molecular weight is 1600 g/mol. The molecule has 0 radical (unpaired) electrons. The Morgan fingerprint density at radius 2 is 0.689 bits per heavy atom. The Morgan fingerprint density at radius 3 is 0.966 bits per heavy atom. The third-order valence-electron chi connectivity index (χ3n) is 23.5. The first-order valence-corrected chi connectivity index (χ1v) is 40.7. The summed E-state index contributed by atoms with van der Waals surface area (Å²) in [4.78, 5) is 102. The maximum atomic E-state index is 11.6. The van der Waals surface area contributed by atoms with Gasteiger partial charge in [-0.2, -0.15) is 0 Å². The van der Waals surface area contributed by atoms with E-state index in [4.69, 9.17) is 39.1 Å². The quantitative estimate of drug-likeness (QED) is 0.0342. The molecule has 23 heteroatoms. The zero-order valence-electron chi connectivity index (χ0n) is 67.1. The predicted molar refractivity (Wildman–Crippen MR) is 465 cm³/mol. The lowest BCUT2D eigenvalue weighted by atomic mass is 9.97. The van der Waals surface area contributed by atoms with Crippen LogP contribution in [0.4, 0.5) is 28.4 Å². The van der Waals surface area contributed by atoms with Gasteiger partial charge in [-0.15, -0.1) is 0 Å². The number of carbonyl (C=O) groups is 8. The van der Waals surface area contributed by atoms with Crippen molar-refractivity contribution in [2.45, 2.75) is 115 Å². The first-order valence-electron chi connectivity index (χ1n) is 40.7. The van der Waals surface area contributed by atoms with Crippen LogP contribution in [-0.2, 0) is 74.4 Å². The summed E-state index contributed by atoms with van der Waals surface area (Å²) in [6.07, 6.45) is 10.00. The smallest absolute Gasteiger partial charge is 0.251 e. The molecule has 0 aliphatic carbocycles. The molecule has 10 aromatic rings. The molecule has 3 fully saturated rings. The molecule has 8 heterocycles. The summed E-state index contributed by atoms with van der Waals surface area (Å²) in [7, 11) is 1.62. The predicted octanol–water partition coefficient (Wildman–Crippen LogP) is 11.6. The Labute approximate surface area is 693 Å². The molecular formula is C96H102N14O9. The van der Waals surface area contributed by atoms with E-state index in [-0.39, 0.29) is 35.6 Å². The van der Waals surface area contributed by atoms with Crippen LogP contribution in [0.15, 0.2) is 225 Å². The summed E-state index contributed by atoms with van der Waals surface area (Å²) < 4.78 is 5.74. The van der Waals surface area contributed by atoms with Crippen molar-refractivity contribution in [3.63, 3.8) is 0 Å². The van der Waals surface area contributed by atoms with Crippen LogP contribution < -0.4 is 74.9 Å². The number of rotatable bonds is 20. The molecule has 10 aromatic carbocycles. The highest BCUT2D eigenvalue weighted by molar-refractivity contribution is 5.97. The molecule has 119 heavy (non-hydrogen) atoms. The van der Waals surface area contributed by atoms with Crippen LogP contribution in [0.2, 0.25) is 0 Å². The van der Waals surface area contributed by atoms with Crippen LogP contribution in [0.1, 0.15) is 195 Å². The number of ether oxygens (including phenoxy) is 1. The lowest BCUT2D eigenvalue weighted by Gasteiger charge is -2.20. The first kappa shape index (κ1) is 82.0. The second-order valence-electron chi connectivity index (χ2n) is 31.5. The first-order chi connectivity index (χ1) is 57.5. The number of primary amides is 6. The highest BCUT2D eigenvalue weighted by atomic mass is 16.5. The maximum Gasteiger partial charge on any atom is 0.251 e. The lowest BCUT2D eigenvalue weighted by Crippen LogP contribution is -2.20. The molecule has 0 bridgehead atoms. The van der Waals surface area contributed by atoms with Crippen molar-refractivity contribution >= 4 is 75.7 Å². The Balaban J connectivity index is 0.000000122. The highest BCUT2D eigenvalue weighted by Crippen LogP contribution is 2.38. The van der Waals surface area contributed by atoms with Gasteiger partial charge in [0.25, 0.3) is 5.91 Å². The number of amides is 8. The molecule has 3 atom stereocenters. The zero-order valence-corrected chi connectivity index (χ0v) is 67.1. The summed E-state index contributed by atoms with van der Waals surface area (Å²) in [5.41, 5.74) is 58.9. The van der Waals surface area contributed by atoms with Crippen molar-refractivity contribution in [1.82, 2.24) is 16.0 Å². The van der Waals surface area contributed by atoms with E-state index >= 15 is 0 Å². The van der Waals surface area contributed by atoms with Gasteiger partial charge < -0.3 is 79.6 Å². The van der Waals surface area contributed by atoms with Crippen molar-refractivity contribution in [3.05, 3.63) is 336 Å². The van der Waals surface area contributed by atoms with Gasteiger partial charge in [-0.25, -0.2) is 0 Å². The molecule has 8 aliphatic heterocycles. The second kappa shape index (κ2) is 37.2. The summed E-state index contributed by atoms with van der Waals surface area (Å²) in [5.74, 6) is -1.96. The molecular weight excluding hydrogens is 1490 g/mol. The molecule has 23 nitrogen and oxygen atoms in total. The minimum absolute atomic E-state index is 0.0814. The largest absolute Gasteiger partial charge is 0.382 e. The standard InChI is InChI=1S/C21H23N3O.C20H21N3O2.C20H22N2O2.C18H19N3O2.C17H17N3O2/c1-14-2-8-19(23-14)16-5-3-15(4-6-16)13-24-11-10-17-12-18(21(22)25)7-9-20(17)24;21-20(25)16-5-6-18-15(9-16)7-8-23(18)12-13-1-3-14(4-2-13)17-10-19(24)22-11-17;21-20(23)17-7-8-18-16(12-17)9-10-22(18)13-14-3-5-15(6-4-14)19-2-1-11-24-19;1-20-18(23)13-4-2-12(3-5-13)11-21-9-8-14-10-15(17(19)22)6-7-16(14)21;18-16(21)12-3-1-11(2-4-12)10-20-8-7-13-9-14(17(19)22)5-6-15(13)20/h3-7,9,12,19,23H,1-2,8,10-11,13H2,(H2,22,25);1-6,9,17H,7-8,10-12H2,(H2,21,25)(H,22,24);3-8,12,19H,1-2,9-11,13H2,(H2,21,23);2-7,10H,8-9,11H2,1H3,(H2,19,22)(H,20,23);1-6,9H,7-8,10H2,(H2,18,21)(H2,19,22). The number of anilines is 5. The van der Waals surface area contributed by atoms with Crippen LogP contribution in [0.25, 0.3) is 0 Å². The number of hydrogen-bond donors (Lipinski definition) is 9. The van der Waals surface area contributed by atoms with E-state index in [1.165, 1.54) is 67.1 Å². The second-order valence-corrected chi connectivity index (χ2v) is 31.5. The van der Waals surface area contributed by atoms with E-state index in [2.05, 4.69) is 120 Å². The van der Waals surface area contributed by atoms with Gasteiger partial charge in [0.2, 0.25) is 41.4 Å². The van der Waals surface area contributed by atoms with Crippen molar-refractivity contribution in [2.24, 2.45) is 34.4 Å². The number of hydrogen-bond acceptors (Lipinski definition) is 15. The van der Waals surface area contributed by atoms with Gasteiger partial charge in [-0.05, 0) is 245 Å². The lowest BCUT2D eigenvalue weighted by molar-refractivity contribution is -0.119. The highest BCUT2D eigenvalue weighted by Gasteiger charge is 2.29. The van der Waals surface area contributed by atoms with Gasteiger partial charge >= 0.3 is 0 Å². The molecule has 18 rings (SSSR count). The number of fused-ring (bicyclic) bond motifs is 5. The minimum atomic E-state index is -0.419. The van der Waals surface area contributed by atoms with E-state index in [0.29, 0.717) is 57.3 Å². The van der Waals surface area contributed by atoms with Crippen molar-refractivity contribution < 1.29 is 43.1 Å².